The molecule has 0 aliphatic carbocycles. The molecular weight excluding hydrogens is 318 g/mol. The topological polar surface area (TPSA) is 69.8 Å². The molecule has 0 bridgehead atoms. The summed E-state index contributed by atoms with van der Waals surface area (Å²) in [7, 11) is 0. The molecule has 6 heteroatoms. The number of piperidine rings is 1. The third-order valence-corrected chi connectivity index (χ3v) is 4.76. The quantitative estimate of drug-likeness (QED) is 0.902. The van der Waals surface area contributed by atoms with E-state index in [1.807, 2.05) is 38.1 Å². The van der Waals surface area contributed by atoms with E-state index in [4.69, 9.17) is 4.42 Å². The van der Waals surface area contributed by atoms with Crippen molar-refractivity contribution >= 4 is 23.0 Å². The molecule has 2 aromatic rings. The van der Waals surface area contributed by atoms with Gasteiger partial charge in [0.25, 0.3) is 6.01 Å². The number of carbonyl (C=O) groups is 1. The lowest BCUT2D eigenvalue weighted by molar-refractivity contribution is -0.139. The van der Waals surface area contributed by atoms with E-state index in [2.05, 4.69) is 9.88 Å². The maximum atomic E-state index is 12.8. The Balaban J connectivity index is 1.63. The molecule has 25 heavy (non-hydrogen) atoms. The zero-order valence-corrected chi connectivity index (χ0v) is 15.2. The monoisotopic (exact) mass is 345 g/mol. The molecule has 2 heterocycles. The molecule has 1 fully saturated rings. The van der Waals surface area contributed by atoms with Crippen LogP contribution in [0.4, 0.5) is 6.01 Å². The Hall–Kier alpha value is -2.08. The minimum absolute atomic E-state index is 0.00165. The lowest BCUT2D eigenvalue weighted by Crippen LogP contribution is -2.47. The van der Waals surface area contributed by atoms with Crippen LogP contribution in [0.2, 0.25) is 0 Å². The summed E-state index contributed by atoms with van der Waals surface area (Å²) in [4.78, 5) is 21.3. The van der Waals surface area contributed by atoms with Gasteiger partial charge in [-0.1, -0.05) is 12.1 Å². The normalized spacial score (nSPS) is 17.2. The average Bonchev–Trinajstić information content (AvgIpc) is 3.03. The van der Waals surface area contributed by atoms with Crippen molar-refractivity contribution in [3.05, 3.63) is 24.3 Å². The third kappa shape index (κ3) is 3.95. The maximum absolute atomic E-state index is 12.8. The Morgan fingerprint density at radius 1 is 1.32 bits per heavy atom. The highest BCUT2D eigenvalue weighted by Crippen LogP contribution is 2.27. The lowest BCUT2D eigenvalue weighted by Gasteiger charge is -2.35. The number of fused-ring (bicyclic) bond motifs is 1. The number of hydrogen-bond donors (Lipinski definition) is 1. The smallest absolute Gasteiger partial charge is 0.298 e. The number of carbonyl (C=O) groups excluding carboxylic acids is 1. The Kier molecular flexibility index (Phi) is 5.27. The van der Waals surface area contributed by atoms with E-state index in [0.717, 1.165) is 37.0 Å². The van der Waals surface area contributed by atoms with Gasteiger partial charge in [0.05, 0.1) is 6.10 Å². The molecule has 1 aromatic carbocycles. The molecule has 0 spiro atoms. The second-order valence-corrected chi connectivity index (χ2v) is 7.16. The number of aliphatic hydroxyl groups excluding tert-OH is 1. The predicted octanol–water partition coefficient (Wildman–Crippen LogP) is 2.66. The SMILES string of the molecule is CC(O)CN(C(=O)C1CCN(c2nc3ccccc3o2)CC1)C(C)C. The number of aromatic nitrogens is 1. The van der Waals surface area contributed by atoms with Crippen LogP contribution in [-0.4, -0.2) is 52.7 Å². The fourth-order valence-electron chi connectivity index (χ4n) is 3.39. The van der Waals surface area contributed by atoms with Gasteiger partial charge in [0.15, 0.2) is 5.58 Å². The molecule has 1 atom stereocenters. The molecule has 1 unspecified atom stereocenters. The Morgan fingerprint density at radius 3 is 2.60 bits per heavy atom. The van der Waals surface area contributed by atoms with Crippen molar-refractivity contribution in [3.63, 3.8) is 0 Å². The van der Waals surface area contributed by atoms with Gasteiger partial charge in [0.2, 0.25) is 5.91 Å². The Bertz CT molecular complexity index is 685. The van der Waals surface area contributed by atoms with Crippen LogP contribution in [0.15, 0.2) is 28.7 Å². The number of oxazole rings is 1. The summed E-state index contributed by atoms with van der Waals surface area (Å²) < 4.78 is 5.83. The van der Waals surface area contributed by atoms with Gasteiger partial charge in [-0.15, -0.1) is 0 Å². The van der Waals surface area contributed by atoms with Gasteiger partial charge in [-0.05, 0) is 45.7 Å². The summed E-state index contributed by atoms with van der Waals surface area (Å²) >= 11 is 0. The van der Waals surface area contributed by atoms with E-state index in [9.17, 15) is 9.90 Å². The molecule has 1 aliphatic rings. The predicted molar refractivity (Wildman–Crippen MR) is 97.5 cm³/mol. The van der Waals surface area contributed by atoms with E-state index >= 15 is 0 Å². The largest absolute Gasteiger partial charge is 0.423 e. The van der Waals surface area contributed by atoms with Crippen LogP contribution in [0, 0.1) is 5.92 Å². The number of amides is 1. The fourth-order valence-corrected chi connectivity index (χ4v) is 3.39. The first-order valence-corrected chi connectivity index (χ1v) is 9.04. The van der Waals surface area contributed by atoms with Crippen LogP contribution in [0.5, 0.6) is 0 Å². The lowest BCUT2D eigenvalue weighted by atomic mass is 9.95. The van der Waals surface area contributed by atoms with Gasteiger partial charge in [-0.2, -0.15) is 4.98 Å². The van der Waals surface area contributed by atoms with Crippen LogP contribution in [0.25, 0.3) is 11.1 Å². The third-order valence-electron chi connectivity index (χ3n) is 4.76. The first kappa shape index (κ1) is 17.7. The number of rotatable bonds is 5. The van der Waals surface area contributed by atoms with Crippen molar-refractivity contribution in [2.75, 3.05) is 24.5 Å². The van der Waals surface area contributed by atoms with E-state index in [1.165, 1.54) is 0 Å². The summed E-state index contributed by atoms with van der Waals surface area (Å²) in [5.74, 6) is 0.148. The van der Waals surface area contributed by atoms with E-state index in [1.54, 1.807) is 11.8 Å². The van der Waals surface area contributed by atoms with Gasteiger partial charge < -0.3 is 19.3 Å². The van der Waals surface area contributed by atoms with Crippen molar-refractivity contribution in [2.45, 2.75) is 45.8 Å². The van der Waals surface area contributed by atoms with Crippen LogP contribution >= 0.6 is 0 Å². The highest BCUT2D eigenvalue weighted by molar-refractivity contribution is 5.79. The minimum atomic E-state index is -0.508. The first-order chi connectivity index (χ1) is 12.0. The van der Waals surface area contributed by atoms with Gasteiger partial charge >= 0.3 is 0 Å². The Morgan fingerprint density at radius 2 is 2.00 bits per heavy atom. The molecule has 0 radical (unpaired) electrons. The van der Waals surface area contributed by atoms with Crippen LogP contribution in [0.3, 0.4) is 0 Å². The molecule has 3 rings (SSSR count). The summed E-state index contributed by atoms with van der Waals surface area (Å²) in [5, 5.41) is 9.66. The number of aliphatic hydroxyl groups is 1. The molecule has 1 saturated heterocycles. The van der Waals surface area contributed by atoms with E-state index < -0.39 is 6.10 Å². The Labute approximate surface area is 148 Å². The van der Waals surface area contributed by atoms with Crippen molar-refractivity contribution in [1.29, 1.82) is 0 Å². The van der Waals surface area contributed by atoms with Crippen molar-refractivity contribution < 1.29 is 14.3 Å². The van der Waals surface area contributed by atoms with E-state index in [-0.39, 0.29) is 17.9 Å². The van der Waals surface area contributed by atoms with Crippen LogP contribution in [0.1, 0.15) is 33.6 Å². The number of benzene rings is 1. The highest BCUT2D eigenvalue weighted by atomic mass is 16.4. The number of para-hydroxylation sites is 2. The van der Waals surface area contributed by atoms with Crippen LogP contribution in [-0.2, 0) is 4.79 Å². The van der Waals surface area contributed by atoms with Crippen molar-refractivity contribution in [3.8, 4) is 0 Å². The first-order valence-electron chi connectivity index (χ1n) is 9.04. The standard InChI is InChI=1S/C19H27N3O3/c1-13(2)22(12-14(3)23)18(24)15-8-10-21(11-9-15)19-20-16-6-4-5-7-17(16)25-19/h4-7,13-15,23H,8-12H2,1-3H3. The molecule has 136 valence electrons. The van der Waals surface area contributed by atoms with E-state index in [0.29, 0.717) is 12.6 Å². The minimum Gasteiger partial charge on any atom is -0.423 e. The van der Waals surface area contributed by atoms with Crippen LogP contribution < -0.4 is 4.90 Å². The van der Waals surface area contributed by atoms with Gasteiger partial charge in [-0.25, -0.2) is 0 Å². The second-order valence-electron chi connectivity index (χ2n) is 7.16. The number of hydrogen-bond acceptors (Lipinski definition) is 5. The maximum Gasteiger partial charge on any atom is 0.298 e. The van der Waals surface area contributed by atoms with Crippen molar-refractivity contribution in [1.82, 2.24) is 9.88 Å². The molecule has 1 aromatic heterocycles. The summed E-state index contributed by atoms with van der Waals surface area (Å²) in [6, 6.07) is 8.47. The summed E-state index contributed by atoms with van der Waals surface area (Å²) in [6.07, 6.45) is 1.05. The van der Waals surface area contributed by atoms with Gasteiger partial charge in [0.1, 0.15) is 5.52 Å². The fraction of sp³-hybridized carbons (Fsp3) is 0.579. The average molecular weight is 345 g/mol. The van der Waals surface area contributed by atoms with Gasteiger partial charge in [-0.3, -0.25) is 4.79 Å². The highest BCUT2D eigenvalue weighted by Gasteiger charge is 2.31. The second kappa shape index (κ2) is 7.44. The summed E-state index contributed by atoms with van der Waals surface area (Å²) in [5.41, 5.74) is 1.65. The molecular formula is C19H27N3O3. The molecule has 1 N–H and O–H groups in total. The van der Waals surface area contributed by atoms with Gasteiger partial charge in [0, 0.05) is 31.6 Å². The molecule has 0 saturated carbocycles. The van der Waals surface area contributed by atoms with Crippen molar-refractivity contribution in [2.24, 2.45) is 5.92 Å². The number of anilines is 1. The number of nitrogens with zero attached hydrogens (tertiary/aromatic N) is 3. The molecule has 1 aliphatic heterocycles. The zero-order chi connectivity index (χ0) is 18.0. The summed E-state index contributed by atoms with van der Waals surface area (Å²) in [6.45, 7) is 7.61. The molecule has 6 nitrogen and oxygen atoms in total. The zero-order valence-electron chi connectivity index (χ0n) is 15.2. The molecule has 1 amide bonds.